The normalized spacial score (nSPS) is 38.3. The third-order valence-corrected chi connectivity index (χ3v) is 2.77. The van der Waals surface area contributed by atoms with Gasteiger partial charge in [-0.15, -0.1) is 0 Å². The van der Waals surface area contributed by atoms with Crippen molar-refractivity contribution < 1.29 is 9.50 Å². The van der Waals surface area contributed by atoms with E-state index < -0.39 is 12.3 Å². The van der Waals surface area contributed by atoms with Gasteiger partial charge < -0.3 is 5.11 Å². The third kappa shape index (κ3) is 1.86. The molecule has 1 aliphatic rings. The van der Waals surface area contributed by atoms with Crippen LogP contribution >= 0.6 is 0 Å². The molecule has 0 heterocycles. The van der Waals surface area contributed by atoms with Crippen LogP contribution in [0.25, 0.3) is 0 Å². The number of aliphatic hydroxyl groups excluding tert-OH is 1. The summed E-state index contributed by atoms with van der Waals surface area (Å²) in [4.78, 5) is 0. The van der Waals surface area contributed by atoms with Crippen LogP contribution < -0.4 is 0 Å². The van der Waals surface area contributed by atoms with Crippen molar-refractivity contribution in [1.82, 2.24) is 0 Å². The van der Waals surface area contributed by atoms with Gasteiger partial charge in [0.2, 0.25) is 0 Å². The topological polar surface area (TPSA) is 20.2 Å². The van der Waals surface area contributed by atoms with Crippen LogP contribution in [0.2, 0.25) is 0 Å². The van der Waals surface area contributed by atoms with Gasteiger partial charge in [-0.3, -0.25) is 0 Å². The summed E-state index contributed by atoms with van der Waals surface area (Å²) in [5.41, 5.74) is 0.981. The number of hydrogen-bond donors (Lipinski definition) is 1. The highest BCUT2D eigenvalue weighted by Gasteiger charge is 2.32. The molecule has 12 heavy (non-hydrogen) atoms. The van der Waals surface area contributed by atoms with Crippen LogP contribution in [0.5, 0.6) is 0 Å². The first-order valence-corrected chi connectivity index (χ1v) is 4.61. The quantitative estimate of drug-likeness (QED) is 0.602. The number of allylic oxidation sites excluding steroid dienone is 1. The zero-order chi connectivity index (χ0) is 9.14. The standard InChI is InChI=1S/C10H17FO/c1-3-7(2)10-8(11)5-4-6-9(10)12/h3,8-10,12H,4-6H2,1-2H3/b7-3+. The van der Waals surface area contributed by atoms with Crippen molar-refractivity contribution in [2.24, 2.45) is 5.92 Å². The molecule has 1 saturated carbocycles. The van der Waals surface area contributed by atoms with Crippen LogP contribution in [-0.4, -0.2) is 17.4 Å². The SMILES string of the molecule is C/C=C(\C)C1C(O)CCCC1F. The Balaban J connectivity index is 2.69. The Hall–Kier alpha value is -0.370. The van der Waals surface area contributed by atoms with E-state index in [1.54, 1.807) is 0 Å². The van der Waals surface area contributed by atoms with Crippen molar-refractivity contribution in [3.8, 4) is 0 Å². The average Bonchev–Trinajstić information content (AvgIpc) is 2.03. The van der Waals surface area contributed by atoms with Crippen molar-refractivity contribution in [3.05, 3.63) is 11.6 Å². The number of aliphatic hydroxyl groups is 1. The first-order chi connectivity index (χ1) is 5.66. The summed E-state index contributed by atoms with van der Waals surface area (Å²) in [5, 5.41) is 9.56. The molecule has 0 radical (unpaired) electrons. The summed E-state index contributed by atoms with van der Waals surface area (Å²) in [6.45, 7) is 3.79. The lowest BCUT2D eigenvalue weighted by molar-refractivity contribution is 0.0351. The molecule has 0 spiro atoms. The van der Waals surface area contributed by atoms with Gasteiger partial charge in [0.05, 0.1) is 6.10 Å². The second-order valence-corrected chi connectivity index (χ2v) is 3.57. The van der Waals surface area contributed by atoms with Gasteiger partial charge in [0, 0.05) is 5.92 Å². The van der Waals surface area contributed by atoms with Crippen LogP contribution in [0.4, 0.5) is 4.39 Å². The molecular weight excluding hydrogens is 155 g/mol. The minimum absolute atomic E-state index is 0.247. The molecule has 3 atom stereocenters. The average molecular weight is 172 g/mol. The lowest BCUT2D eigenvalue weighted by atomic mass is 9.80. The van der Waals surface area contributed by atoms with Crippen LogP contribution in [0, 0.1) is 5.92 Å². The Bertz CT molecular complexity index is 167. The number of rotatable bonds is 1. The van der Waals surface area contributed by atoms with Gasteiger partial charge in [-0.25, -0.2) is 4.39 Å². The summed E-state index contributed by atoms with van der Waals surface area (Å²) in [5.74, 6) is -0.247. The summed E-state index contributed by atoms with van der Waals surface area (Å²) < 4.78 is 13.3. The largest absolute Gasteiger partial charge is 0.392 e. The summed E-state index contributed by atoms with van der Waals surface area (Å²) in [6.07, 6.45) is 2.75. The van der Waals surface area contributed by atoms with Crippen LogP contribution in [0.1, 0.15) is 33.1 Å². The molecule has 1 nitrogen and oxygen atoms in total. The van der Waals surface area contributed by atoms with Gasteiger partial charge in [-0.2, -0.15) is 0 Å². The van der Waals surface area contributed by atoms with Crippen molar-refractivity contribution in [2.45, 2.75) is 45.4 Å². The minimum Gasteiger partial charge on any atom is -0.392 e. The van der Waals surface area contributed by atoms with Crippen molar-refractivity contribution in [1.29, 1.82) is 0 Å². The van der Waals surface area contributed by atoms with E-state index in [2.05, 4.69) is 0 Å². The Morgan fingerprint density at radius 3 is 2.67 bits per heavy atom. The van der Waals surface area contributed by atoms with E-state index in [1.807, 2.05) is 19.9 Å². The van der Waals surface area contributed by atoms with E-state index in [-0.39, 0.29) is 5.92 Å². The number of alkyl halides is 1. The van der Waals surface area contributed by atoms with Crippen molar-refractivity contribution in [2.75, 3.05) is 0 Å². The van der Waals surface area contributed by atoms with Crippen molar-refractivity contribution in [3.63, 3.8) is 0 Å². The highest BCUT2D eigenvalue weighted by molar-refractivity contribution is 5.08. The van der Waals surface area contributed by atoms with Gasteiger partial charge >= 0.3 is 0 Å². The molecule has 0 amide bonds. The molecule has 0 aromatic rings. The molecule has 0 aromatic heterocycles. The smallest absolute Gasteiger partial charge is 0.109 e. The van der Waals surface area contributed by atoms with E-state index in [0.29, 0.717) is 6.42 Å². The molecule has 1 rings (SSSR count). The van der Waals surface area contributed by atoms with E-state index >= 15 is 0 Å². The van der Waals surface area contributed by atoms with Crippen LogP contribution in [0.3, 0.4) is 0 Å². The molecule has 1 N–H and O–H groups in total. The molecule has 3 unspecified atom stereocenters. The van der Waals surface area contributed by atoms with Gasteiger partial charge in [-0.1, -0.05) is 11.6 Å². The predicted octanol–water partition coefficient (Wildman–Crippen LogP) is 2.45. The third-order valence-electron chi connectivity index (χ3n) is 2.77. The van der Waals surface area contributed by atoms with Crippen molar-refractivity contribution >= 4 is 0 Å². The molecule has 1 aliphatic carbocycles. The Morgan fingerprint density at radius 1 is 1.50 bits per heavy atom. The maximum Gasteiger partial charge on any atom is 0.109 e. The highest BCUT2D eigenvalue weighted by atomic mass is 19.1. The number of halogens is 1. The first-order valence-electron chi connectivity index (χ1n) is 4.61. The summed E-state index contributed by atoms with van der Waals surface area (Å²) in [7, 11) is 0. The Labute approximate surface area is 73.3 Å². The zero-order valence-electron chi connectivity index (χ0n) is 7.76. The molecule has 0 aliphatic heterocycles. The fourth-order valence-electron chi connectivity index (χ4n) is 1.90. The highest BCUT2D eigenvalue weighted by Crippen LogP contribution is 2.32. The summed E-state index contributed by atoms with van der Waals surface area (Å²) >= 11 is 0. The van der Waals surface area contributed by atoms with Crippen LogP contribution in [0.15, 0.2) is 11.6 Å². The molecule has 0 saturated heterocycles. The molecule has 0 aromatic carbocycles. The molecule has 70 valence electrons. The lowest BCUT2D eigenvalue weighted by Crippen LogP contribution is -2.34. The lowest BCUT2D eigenvalue weighted by Gasteiger charge is -2.31. The van der Waals surface area contributed by atoms with E-state index in [1.165, 1.54) is 0 Å². The van der Waals surface area contributed by atoms with E-state index in [9.17, 15) is 9.50 Å². The molecule has 2 heteroatoms. The van der Waals surface area contributed by atoms with E-state index in [4.69, 9.17) is 0 Å². The zero-order valence-corrected chi connectivity index (χ0v) is 7.76. The predicted molar refractivity (Wildman–Crippen MR) is 47.7 cm³/mol. The molecule has 1 fully saturated rings. The van der Waals surface area contributed by atoms with Gasteiger partial charge in [0.15, 0.2) is 0 Å². The minimum atomic E-state index is -0.843. The fourth-order valence-corrected chi connectivity index (χ4v) is 1.90. The molecule has 0 bridgehead atoms. The fraction of sp³-hybridized carbons (Fsp3) is 0.800. The Morgan fingerprint density at radius 2 is 2.17 bits per heavy atom. The number of hydrogen-bond acceptors (Lipinski definition) is 1. The second kappa shape index (κ2) is 4.04. The monoisotopic (exact) mass is 172 g/mol. The molecular formula is C10H17FO. The van der Waals surface area contributed by atoms with Crippen LogP contribution in [-0.2, 0) is 0 Å². The van der Waals surface area contributed by atoms with Gasteiger partial charge in [0.25, 0.3) is 0 Å². The van der Waals surface area contributed by atoms with E-state index in [0.717, 1.165) is 18.4 Å². The summed E-state index contributed by atoms with van der Waals surface area (Å²) in [6, 6.07) is 0. The van der Waals surface area contributed by atoms with Gasteiger partial charge in [-0.05, 0) is 33.1 Å². The maximum absolute atomic E-state index is 13.3. The second-order valence-electron chi connectivity index (χ2n) is 3.57. The Kier molecular flexibility index (Phi) is 3.27. The van der Waals surface area contributed by atoms with Gasteiger partial charge in [0.1, 0.15) is 6.17 Å². The first kappa shape index (κ1) is 9.72. The maximum atomic E-state index is 13.3.